The lowest BCUT2D eigenvalue weighted by Gasteiger charge is -2.19. The van der Waals surface area contributed by atoms with Crippen molar-refractivity contribution in [3.63, 3.8) is 0 Å². The molecule has 0 spiro atoms. The van der Waals surface area contributed by atoms with Gasteiger partial charge in [-0.1, -0.05) is 13.0 Å². The highest BCUT2D eigenvalue weighted by atomic mass is 16.5. The fourth-order valence-corrected chi connectivity index (χ4v) is 1.93. The van der Waals surface area contributed by atoms with Gasteiger partial charge in [0.25, 0.3) is 0 Å². The van der Waals surface area contributed by atoms with Gasteiger partial charge in [-0.15, -0.1) is 12.3 Å². The van der Waals surface area contributed by atoms with E-state index in [1.807, 2.05) is 18.2 Å². The van der Waals surface area contributed by atoms with Gasteiger partial charge in [0.15, 0.2) is 11.5 Å². The molecule has 0 saturated heterocycles. The number of ether oxygens (including phenoxy) is 2. The summed E-state index contributed by atoms with van der Waals surface area (Å²) in [5, 5.41) is 3.43. The first-order valence-corrected chi connectivity index (χ1v) is 6.15. The first kappa shape index (κ1) is 14.4. The van der Waals surface area contributed by atoms with Crippen molar-refractivity contribution in [2.24, 2.45) is 0 Å². The van der Waals surface area contributed by atoms with E-state index < -0.39 is 0 Å². The predicted octanol–water partition coefficient (Wildman–Crippen LogP) is 2.77. The summed E-state index contributed by atoms with van der Waals surface area (Å²) in [6.07, 6.45) is 7.00. The summed E-state index contributed by atoms with van der Waals surface area (Å²) >= 11 is 0. The fourth-order valence-electron chi connectivity index (χ4n) is 1.93. The van der Waals surface area contributed by atoms with E-state index in [0.29, 0.717) is 0 Å². The largest absolute Gasteiger partial charge is 0.493 e. The summed E-state index contributed by atoms with van der Waals surface area (Å²) in [5.74, 6) is 4.17. The van der Waals surface area contributed by atoms with Crippen molar-refractivity contribution in [2.45, 2.75) is 25.8 Å². The number of methoxy groups -OCH3 is 2. The topological polar surface area (TPSA) is 30.5 Å². The van der Waals surface area contributed by atoms with Gasteiger partial charge in [-0.05, 0) is 30.7 Å². The van der Waals surface area contributed by atoms with Gasteiger partial charge in [0.1, 0.15) is 0 Å². The van der Waals surface area contributed by atoms with Gasteiger partial charge in [-0.25, -0.2) is 0 Å². The van der Waals surface area contributed by atoms with Crippen LogP contribution in [-0.4, -0.2) is 20.8 Å². The average Bonchev–Trinajstić information content (AvgIpc) is 2.42. The molecule has 1 rings (SSSR count). The molecule has 1 unspecified atom stereocenters. The van der Waals surface area contributed by atoms with E-state index in [1.54, 1.807) is 14.2 Å². The van der Waals surface area contributed by atoms with Gasteiger partial charge in [-0.2, -0.15) is 0 Å². The molecule has 0 radical (unpaired) electrons. The molecule has 3 heteroatoms. The van der Waals surface area contributed by atoms with E-state index in [1.165, 1.54) is 5.56 Å². The molecule has 0 heterocycles. The maximum atomic E-state index is 5.33. The Bertz CT molecular complexity index is 409. The van der Waals surface area contributed by atoms with Crippen molar-refractivity contribution < 1.29 is 9.47 Å². The Morgan fingerprint density at radius 2 is 2.00 bits per heavy atom. The Morgan fingerprint density at radius 1 is 1.28 bits per heavy atom. The van der Waals surface area contributed by atoms with E-state index in [2.05, 4.69) is 18.2 Å². The monoisotopic (exact) mass is 247 g/mol. The number of rotatable bonds is 7. The van der Waals surface area contributed by atoms with Gasteiger partial charge in [0.2, 0.25) is 0 Å². The molecule has 1 aromatic carbocycles. The molecule has 3 nitrogen and oxygen atoms in total. The highest BCUT2D eigenvalue weighted by Gasteiger charge is 2.12. The number of hydrogen-bond donors (Lipinski definition) is 1. The zero-order valence-electron chi connectivity index (χ0n) is 11.3. The van der Waals surface area contributed by atoms with Crippen LogP contribution in [0.25, 0.3) is 0 Å². The van der Waals surface area contributed by atoms with Crippen LogP contribution in [0.2, 0.25) is 0 Å². The van der Waals surface area contributed by atoms with Crippen molar-refractivity contribution in [1.29, 1.82) is 0 Å². The van der Waals surface area contributed by atoms with E-state index in [-0.39, 0.29) is 6.04 Å². The number of benzene rings is 1. The van der Waals surface area contributed by atoms with Crippen molar-refractivity contribution >= 4 is 0 Å². The first-order chi connectivity index (χ1) is 8.76. The van der Waals surface area contributed by atoms with Crippen LogP contribution in [0.3, 0.4) is 0 Å². The number of nitrogens with one attached hydrogen (secondary N) is 1. The van der Waals surface area contributed by atoms with Crippen molar-refractivity contribution in [2.75, 3.05) is 20.8 Å². The molecular weight excluding hydrogens is 226 g/mol. The second-order valence-electron chi connectivity index (χ2n) is 3.97. The molecule has 98 valence electrons. The molecule has 0 fully saturated rings. The van der Waals surface area contributed by atoms with Gasteiger partial charge in [0.05, 0.1) is 14.2 Å². The van der Waals surface area contributed by atoms with Crippen molar-refractivity contribution in [3.8, 4) is 23.8 Å². The minimum atomic E-state index is 0.255. The van der Waals surface area contributed by atoms with Crippen molar-refractivity contribution in [3.05, 3.63) is 23.8 Å². The van der Waals surface area contributed by atoms with Gasteiger partial charge in [0, 0.05) is 12.5 Å². The lowest BCUT2D eigenvalue weighted by Crippen LogP contribution is -2.20. The smallest absolute Gasteiger partial charge is 0.161 e. The SMILES string of the molecule is C#CCCC(NCC)c1ccc(OC)c(OC)c1. The molecule has 1 aromatic rings. The lowest BCUT2D eigenvalue weighted by atomic mass is 10.0. The van der Waals surface area contributed by atoms with E-state index in [0.717, 1.165) is 30.9 Å². The molecule has 0 amide bonds. The Kier molecular flexibility index (Phi) is 6.10. The molecular formula is C15H21NO2. The highest BCUT2D eigenvalue weighted by molar-refractivity contribution is 5.43. The summed E-state index contributed by atoms with van der Waals surface area (Å²) in [6.45, 7) is 2.99. The summed E-state index contributed by atoms with van der Waals surface area (Å²) < 4.78 is 10.6. The molecule has 0 bridgehead atoms. The Hall–Kier alpha value is -1.66. The van der Waals surface area contributed by atoms with Gasteiger partial charge >= 0.3 is 0 Å². The zero-order valence-corrected chi connectivity index (χ0v) is 11.3. The molecule has 0 aliphatic heterocycles. The minimum absolute atomic E-state index is 0.255. The van der Waals surface area contributed by atoms with Crippen LogP contribution in [-0.2, 0) is 0 Å². The average molecular weight is 247 g/mol. The normalized spacial score (nSPS) is 11.7. The predicted molar refractivity (Wildman–Crippen MR) is 74.0 cm³/mol. The molecule has 1 atom stereocenters. The highest BCUT2D eigenvalue weighted by Crippen LogP contribution is 2.31. The fraction of sp³-hybridized carbons (Fsp3) is 0.467. The van der Waals surface area contributed by atoms with E-state index >= 15 is 0 Å². The third-order valence-electron chi connectivity index (χ3n) is 2.84. The number of terminal acetylenes is 1. The quantitative estimate of drug-likeness (QED) is 0.752. The molecule has 18 heavy (non-hydrogen) atoms. The van der Waals surface area contributed by atoms with E-state index in [4.69, 9.17) is 15.9 Å². The summed E-state index contributed by atoms with van der Waals surface area (Å²) in [6, 6.07) is 6.23. The lowest BCUT2D eigenvalue weighted by molar-refractivity contribution is 0.353. The van der Waals surface area contributed by atoms with Crippen LogP contribution < -0.4 is 14.8 Å². The first-order valence-electron chi connectivity index (χ1n) is 6.15. The van der Waals surface area contributed by atoms with Crippen LogP contribution in [0.5, 0.6) is 11.5 Å². The third kappa shape index (κ3) is 3.68. The van der Waals surface area contributed by atoms with E-state index in [9.17, 15) is 0 Å². The maximum Gasteiger partial charge on any atom is 0.161 e. The second-order valence-corrected chi connectivity index (χ2v) is 3.97. The maximum absolute atomic E-state index is 5.33. The van der Waals surface area contributed by atoms with Gasteiger partial charge in [-0.3, -0.25) is 0 Å². The Labute approximate surface area is 109 Å². The van der Waals surface area contributed by atoms with Crippen LogP contribution in [0.4, 0.5) is 0 Å². The van der Waals surface area contributed by atoms with Crippen molar-refractivity contribution in [1.82, 2.24) is 5.32 Å². The summed E-state index contributed by atoms with van der Waals surface area (Å²) in [7, 11) is 3.28. The van der Waals surface area contributed by atoms with Crippen LogP contribution in [0.15, 0.2) is 18.2 Å². The van der Waals surface area contributed by atoms with Crippen LogP contribution >= 0.6 is 0 Å². The molecule has 0 aliphatic rings. The van der Waals surface area contributed by atoms with Crippen LogP contribution in [0.1, 0.15) is 31.4 Å². The van der Waals surface area contributed by atoms with Gasteiger partial charge < -0.3 is 14.8 Å². The number of hydrogen-bond acceptors (Lipinski definition) is 3. The molecule has 1 N–H and O–H groups in total. The minimum Gasteiger partial charge on any atom is -0.493 e. The summed E-state index contributed by atoms with van der Waals surface area (Å²) in [4.78, 5) is 0. The Balaban J connectivity index is 2.94. The van der Waals surface area contributed by atoms with Crippen LogP contribution in [0, 0.1) is 12.3 Å². The standard InChI is InChI=1S/C15H21NO2/c1-5-7-8-13(16-6-2)12-9-10-14(17-3)15(11-12)18-4/h1,9-11,13,16H,6-8H2,2-4H3. The second kappa shape index (κ2) is 7.62. The third-order valence-corrected chi connectivity index (χ3v) is 2.84. The molecule has 0 aliphatic carbocycles. The molecule has 0 aromatic heterocycles. The molecule has 0 saturated carbocycles. The zero-order chi connectivity index (χ0) is 13.4. The summed E-state index contributed by atoms with van der Waals surface area (Å²) in [5.41, 5.74) is 1.17. The Morgan fingerprint density at radius 3 is 2.56 bits per heavy atom.